The number of nitrogens with zero attached hydrogens (tertiary/aromatic N) is 3. The molecule has 2 rings (SSSR count). The van der Waals surface area contributed by atoms with Crippen LogP contribution in [-0.4, -0.2) is 50.1 Å². The summed E-state index contributed by atoms with van der Waals surface area (Å²) in [5.74, 6) is 0.937. The second kappa shape index (κ2) is 10.3. The van der Waals surface area contributed by atoms with Crippen molar-refractivity contribution < 1.29 is 8.42 Å². The van der Waals surface area contributed by atoms with Gasteiger partial charge in [0.2, 0.25) is 10.0 Å². The van der Waals surface area contributed by atoms with Crippen LogP contribution in [0.2, 0.25) is 0 Å². The second-order valence-corrected chi connectivity index (χ2v) is 8.73. The number of aliphatic imine (C=N–C) groups is 1. The van der Waals surface area contributed by atoms with E-state index in [9.17, 15) is 8.42 Å². The summed E-state index contributed by atoms with van der Waals surface area (Å²) < 4.78 is 26.0. The second-order valence-electron chi connectivity index (χ2n) is 6.64. The zero-order valence-electron chi connectivity index (χ0n) is 16.1. The number of hydrogen-bond donors (Lipinski definition) is 2. The zero-order valence-corrected chi connectivity index (χ0v) is 16.9. The van der Waals surface area contributed by atoms with Crippen LogP contribution in [0.25, 0.3) is 0 Å². The van der Waals surface area contributed by atoms with E-state index in [0.29, 0.717) is 31.6 Å². The summed E-state index contributed by atoms with van der Waals surface area (Å²) in [6.07, 6.45) is 2.17. The molecule has 0 atom stereocenters. The van der Waals surface area contributed by atoms with Crippen LogP contribution in [0.4, 0.5) is 0 Å². The number of piperidine rings is 1. The van der Waals surface area contributed by atoms with Gasteiger partial charge in [0.15, 0.2) is 5.96 Å². The summed E-state index contributed by atoms with van der Waals surface area (Å²) in [5.41, 5.74) is 1.60. The van der Waals surface area contributed by atoms with Crippen LogP contribution in [0.15, 0.2) is 29.3 Å². The smallest absolute Gasteiger partial charge is 0.214 e. The van der Waals surface area contributed by atoms with Crippen molar-refractivity contribution in [3.8, 4) is 6.07 Å². The van der Waals surface area contributed by atoms with E-state index in [1.165, 1.54) is 0 Å². The molecule has 0 unspecified atom stereocenters. The van der Waals surface area contributed by atoms with Crippen molar-refractivity contribution in [2.24, 2.45) is 4.99 Å². The molecule has 2 N–H and O–H groups in total. The highest BCUT2D eigenvalue weighted by atomic mass is 32.2. The minimum atomic E-state index is -3.12. The van der Waals surface area contributed by atoms with Gasteiger partial charge in [-0.15, -0.1) is 0 Å². The molecule has 1 heterocycles. The fourth-order valence-corrected chi connectivity index (χ4v) is 4.63. The van der Waals surface area contributed by atoms with Crippen LogP contribution in [0.3, 0.4) is 0 Å². The van der Waals surface area contributed by atoms with Gasteiger partial charge in [0.25, 0.3) is 0 Å². The molecule has 0 bridgehead atoms. The maximum atomic E-state index is 12.2. The molecule has 27 heavy (non-hydrogen) atoms. The number of nitrogens with one attached hydrogen (secondary N) is 2. The number of sulfonamides is 1. The first-order valence-corrected chi connectivity index (χ1v) is 11.1. The highest BCUT2D eigenvalue weighted by Gasteiger charge is 2.27. The Hall–Kier alpha value is -2.11. The first-order valence-electron chi connectivity index (χ1n) is 9.50. The third kappa shape index (κ3) is 6.52. The lowest BCUT2D eigenvalue weighted by molar-refractivity contribution is 0.306. The molecule has 0 amide bonds. The topological polar surface area (TPSA) is 97.6 Å². The number of hydrogen-bond acceptors (Lipinski definition) is 4. The van der Waals surface area contributed by atoms with Crippen molar-refractivity contribution in [2.75, 3.05) is 25.4 Å². The third-order valence-electron chi connectivity index (χ3n) is 4.47. The minimum Gasteiger partial charge on any atom is -0.357 e. The van der Waals surface area contributed by atoms with Gasteiger partial charge < -0.3 is 10.6 Å². The van der Waals surface area contributed by atoms with E-state index in [1.54, 1.807) is 10.4 Å². The van der Waals surface area contributed by atoms with Crippen molar-refractivity contribution in [3.05, 3.63) is 35.4 Å². The molecule has 0 aromatic heterocycles. The molecule has 8 heteroatoms. The zero-order chi connectivity index (χ0) is 19.7. The quantitative estimate of drug-likeness (QED) is 0.546. The van der Waals surface area contributed by atoms with Gasteiger partial charge in [-0.05, 0) is 43.9 Å². The Bertz CT molecular complexity index is 778. The van der Waals surface area contributed by atoms with Crippen LogP contribution < -0.4 is 10.6 Å². The van der Waals surface area contributed by atoms with Gasteiger partial charge in [-0.1, -0.05) is 19.1 Å². The van der Waals surface area contributed by atoms with Crippen LogP contribution in [0.5, 0.6) is 0 Å². The standard InChI is InChI=1S/C19H29N5O2S/c1-3-12-27(25,26)24-10-8-18(9-11-24)23-19(21-4-2)22-15-17-7-5-6-16(13-17)14-20/h5-7,13,18H,3-4,8-12,15H2,1-2H3,(H2,21,22,23). The third-order valence-corrected chi connectivity index (χ3v) is 6.55. The van der Waals surface area contributed by atoms with E-state index in [4.69, 9.17) is 5.26 Å². The molecule has 1 aromatic carbocycles. The monoisotopic (exact) mass is 391 g/mol. The van der Waals surface area contributed by atoms with E-state index >= 15 is 0 Å². The van der Waals surface area contributed by atoms with E-state index in [0.717, 1.165) is 30.9 Å². The summed E-state index contributed by atoms with van der Waals surface area (Å²) in [5, 5.41) is 15.6. The van der Waals surface area contributed by atoms with Gasteiger partial charge in [-0.25, -0.2) is 17.7 Å². The van der Waals surface area contributed by atoms with Crippen LogP contribution in [-0.2, 0) is 16.6 Å². The maximum Gasteiger partial charge on any atom is 0.214 e. The Morgan fingerprint density at radius 3 is 2.70 bits per heavy atom. The summed E-state index contributed by atoms with van der Waals surface area (Å²) >= 11 is 0. The van der Waals surface area contributed by atoms with Gasteiger partial charge in [-0.2, -0.15) is 5.26 Å². The molecular formula is C19H29N5O2S. The molecule has 1 aromatic rings. The molecule has 0 radical (unpaired) electrons. The lowest BCUT2D eigenvalue weighted by Crippen LogP contribution is -2.50. The molecule has 7 nitrogen and oxygen atoms in total. The van der Waals surface area contributed by atoms with Gasteiger partial charge >= 0.3 is 0 Å². The van der Waals surface area contributed by atoms with Crippen molar-refractivity contribution in [2.45, 2.75) is 45.7 Å². The van der Waals surface area contributed by atoms with Crippen LogP contribution in [0, 0.1) is 11.3 Å². The van der Waals surface area contributed by atoms with Crippen molar-refractivity contribution in [3.63, 3.8) is 0 Å². The Labute approximate surface area is 162 Å². The Kier molecular flexibility index (Phi) is 8.07. The van der Waals surface area contributed by atoms with Crippen molar-refractivity contribution in [1.29, 1.82) is 5.26 Å². The highest BCUT2D eigenvalue weighted by Crippen LogP contribution is 2.15. The first kappa shape index (κ1) is 21.2. The highest BCUT2D eigenvalue weighted by molar-refractivity contribution is 7.89. The van der Waals surface area contributed by atoms with E-state index in [2.05, 4.69) is 21.7 Å². The maximum absolute atomic E-state index is 12.2. The Morgan fingerprint density at radius 2 is 2.07 bits per heavy atom. The molecule has 1 fully saturated rings. The fraction of sp³-hybridized carbons (Fsp3) is 0.579. The fourth-order valence-electron chi connectivity index (χ4n) is 3.09. The molecule has 1 aliphatic heterocycles. The SMILES string of the molecule is CCCS(=O)(=O)N1CCC(NC(=NCc2cccc(C#N)c2)NCC)CC1. The molecule has 0 aliphatic carbocycles. The van der Waals surface area contributed by atoms with E-state index < -0.39 is 10.0 Å². The first-order chi connectivity index (χ1) is 13.0. The van der Waals surface area contributed by atoms with E-state index in [-0.39, 0.29) is 11.8 Å². The number of benzene rings is 1. The van der Waals surface area contributed by atoms with E-state index in [1.807, 2.05) is 32.0 Å². The average Bonchev–Trinajstić information content (AvgIpc) is 2.67. The van der Waals surface area contributed by atoms with Crippen molar-refractivity contribution in [1.82, 2.24) is 14.9 Å². The summed E-state index contributed by atoms with van der Waals surface area (Å²) in [4.78, 5) is 4.60. The molecule has 0 saturated carbocycles. The molecular weight excluding hydrogens is 362 g/mol. The summed E-state index contributed by atoms with van der Waals surface area (Å²) in [6, 6.07) is 9.75. The average molecular weight is 392 g/mol. The van der Waals surface area contributed by atoms with Gasteiger partial charge in [0.05, 0.1) is 23.9 Å². The summed E-state index contributed by atoms with van der Waals surface area (Å²) in [7, 11) is -3.12. The molecule has 0 spiro atoms. The van der Waals surface area contributed by atoms with Crippen molar-refractivity contribution >= 4 is 16.0 Å². The van der Waals surface area contributed by atoms with Gasteiger partial charge in [0.1, 0.15) is 0 Å². The number of guanidine groups is 1. The lowest BCUT2D eigenvalue weighted by Gasteiger charge is -2.32. The van der Waals surface area contributed by atoms with Crippen LogP contribution in [0.1, 0.15) is 44.2 Å². The largest absolute Gasteiger partial charge is 0.357 e. The van der Waals surface area contributed by atoms with Gasteiger partial charge in [-0.3, -0.25) is 0 Å². The van der Waals surface area contributed by atoms with Crippen LogP contribution >= 0.6 is 0 Å². The normalized spacial score (nSPS) is 16.7. The number of rotatable bonds is 7. The number of nitriles is 1. The Balaban J connectivity index is 1.93. The lowest BCUT2D eigenvalue weighted by atomic mass is 10.1. The summed E-state index contributed by atoms with van der Waals surface area (Å²) in [6.45, 7) is 6.21. The molecule has 1 aliphatic rings. The molecule has 1 saturated heterocycles. The Morgan fingerprint density at radius 1 is 1.33 bits per heavy atom. The minimum absolute atomic E-state index is 0.196. The molecule has 148 valence electrons. The predicted molar refractivity (Wildman–Crippen MR) is 108 cm³/mol. The van der Waals surface area contributed by atoms with Gasteiger partial charge in [0, 0.05) is 25.7 Å². The predicted octanol–water partition coefficient (Wildman–Crippen LogP) is 1.82.